The molecule has 1 aliphatic heterocycles. The van der Waals surface area contributed by atoms with Crippen LogP contribution in [0, 0.1) is 5.92 Å². The molecule has 0 bridgehead atoms. The van der Waals surface area contributed by atoms with Gasteiger partial charge in [0.2, 0.25) is 5.91 Å². The number of hydrogen-bond acceptors (Lipinski definition) is 5. The number of hydrogen-bond donors (Lipinski definition) is 2. The summed E-state index contributed by atoms with van der Waals surface area (Å²) in [4.78, 5) is 21.7. The van der Waals surface area contributed by atoms with E-state index in [1.54, 1.807) is 13.3 Å². The van der Waals surface area contributed by atoms with E-state index in [4.69, 9.17) is 0 Å². The lowest BCUT2D eigenvalue weighted by Gasteiger charge is -2.15. The number of likely N-dealkylation sites (tertiary alicyclic amines) is 1. The van der Waals surface area contributed by atoms with Crippen LogP contribution in [0.25, 0.3) is 0 Å². The number of nitrogens with one attached hydrogen (secondary N) is 2. The lowest BCUT2D eigenvalue weighted by molar-refractivity contribution is -0.127. The van der Waals surface area contributed by atoms with Gasteiger partial charge < -0.3 is 15.5 Å². The van der Waals surface area contributed by atoms with Gasteiger partial charge in [-0.2, -0.15) is 0 Å². The summed E-state index contributed by atoms with van der Waals surface area (Å²) in [5, 5.41) is 6.73. The highest BCUT2D eigenvalue weighted by molar-refractivity contribution is 5.73. The minimum Gasteiger partial charge on any atom is -0.370 e. The maximum absolute atomic E-state index is 11.3. The summed E-state index contributed by atoms with van der Waals surface area (Å²) in [6, 6.07) is 2.23. The van der Waals surface area contributed by atoms with E-state index in [-0.39, 0.29) is 11.9 Å². The highest BCUT2D eigenvalue weighted by Gasteiger charge is 2.24. The second-order valence-corrected chi connectivity index (χ2v) is 5.71. The van der Waals surface area contributed by atoms with Crippen LogP contribution in [0.4, 0.5) is 11.6 Å². The van der Waals surface area contributed by atoms with Gasteiger partial charge in [0, 0.05) is 38.7 Å². The molecule has 0 radical (unpaired) electrons. The van der Waals surface area contributed by atoms with E-state index in [1.165, 1.54) is 12.8 Å². The topological polar surface area (TPSA) is 70.2 Å². The summed E-state index contributed by atoms with van der Waals surface area (Å²) in [5.74, 6) is 2.66. The van der Waals surface area contributed by atoms with Crippen molar-refractivity contribution < 1.29 is 4.79 Å². The molecule has 2 N–H and O–H groups in total. The van der Waals surface area contributed by atoms with Gasteiger partial charge in [0.05, 0.1) is 0 Å². The molecule has 1 aromatic heterocycles. The van der Waals surface area contributed by atoms with Crippen LogP contribution in [0.1, 0.15) is 26.2 Å². The molecule has 0 spiro atoms. The number of aromatic nitrogens is 2. The molecular weight excluding hydrogens is 254 g/mol. The molecule has 1 amide bonds. The Hall–Kier alpha value is -1.85. The van der Waals surface area contributed by atoms with E-state index in [1.807, 2.05) is 11.0 Å². The molecule has 3 rings (SSSR count). The van der Waals surface area contributed by atoms with Crippen molar-refractivity contribution in [3.63, 3.8) is 0 Å². The molecule has 0 aromatic carbocycles. The Balaban J connectivity index is 1.54. The van der Waals surface area contributed by atoms with Gasteiger partial charge >= 0.3 is 0 Å². The third-order valence-electron chi connectivity index (χ3n) is 3.92. The zero-order chi connectivity index (χ0) is 13.9. The number of carbonyl (C=O) groups is 1. The van der Waals surface area contributed by atoms with Crippen molar-refractivity contribution in [2.45, 2.75) is 32.2 Å². The molecule has 1 saturated heterocycles. The highest BCUT2D eigenvalue weighted by atomic mass is 16.2. The van der Waals surface area contributed by atoms with Crippen molar-refractivity contribution >= 4 is 17.5 Å². The molecule has 2 fully saturated rings. The van der Waals surface area contributed by atoms with Crippen molar-refractivity contribution in [3.8, 4) is 0 Å². The van der Waals surface area contributed by atoms with Gasteiger partial charge in [-0.1, -0.05) is 0 Å². The quantitative estimate of drug-likeness (QED) is 0.848. The van der Waals surface area contributed by atoms with Gasteiger partial charge in [-0.3, -0.25) is 4.79 Å². The Morgan fingerprint density at radius 1 is 1.35 bits per heavy atom. The second-order valence-electron chi connectivity index (χ2n) is 5.71. The van der Waals surface area contributed by atoms with Gasteiger partial charge in [0.1, 0.15) is 18.0 Å². The molecule has 20 heavy (non-hydrogen) atoms. The van der Waals surface area contributed by atoms with Gasteiger partial charge in [0.25, 0.3) is 0 Å². The van der Waals surface area contributed by atoms with Crippen LogP contribution >= 0.6 is 0 Å². The number of amides is 1. The van der Waals surface area contributed by atoms with Crippen LogP contribution in [0.3, 0.4) is 0 Å². The summed E-state index contributed by atoms with van der Waals surface area (Å²) >= 11 is 0. The standard InChI is InChI=1S/C14H21N5O/c1-10(20)19-5-4-12(8-19)18-14-6-13(16-9-17-14)15-7-11-2-3-11/h6,9,11-12H,2-5,7-8H2,1H3,(H2,15,16,17,18)/t12-/m1/s1. The summed E-state index contributed by atoms with van der Waals surface area (Å²) in [5.41, 5.74) is 0. The second kappa shape index (κ2) is 5.64. The van der Waals surface area contributed by atoms with E-state index < -0.39 is 0 Å². The first-order valence-electron chi connectivity index (χ1n) is 7.28. The van der Waals surface area contributed by atoms with Crippen molar-refractivity contribution in [2.75, 3.05) is 30.3 Å². The predicted molar refractivity (Wildman–Crippen MR) is 77.5 cm³/mol. The van der Waals surface area contributed by atoms with Gasteiger partial charge in [0.15, 0.2) is 0 Å². The summed E-state index contributed by atoms with van der Waals surface area (Å²) < 4.78 is 0. The van der Waals surface area contributed by atoms with Crippen LogP contribution < -0.4 is 10.6 Å². The van der Waals surface area contributed by atoms with Crippen molar-refractivity contribution in [2.24, 2.45) is 5.92 Å². The molecule has 1 aromatic rings. The van der Waals surface area contributed by atoms with Crippen LogP contribution in [0.2, 0.25) is 0 Å². The van der Waals surface area contributed by atoms with Gasteiger partial charge in [-0.15, -0.1) is 0 Å². The average molecular weight is 275 g/mol. The summed E-state index contributed by atoms with van der Waals surface area (Å²) in [7, 11) is 0. The van der Waals surface area contributed by atoms with Crippen molar-refractivity contribution in [1.29, 1.82) is 0 Å². The Morgan fingerprint density at radius 2 is 2.15 bits per heavy atom. The monoisotopic (exact) mass is 275 g/mol. The third kappa shape index (κ3) is 3.37. The van der Waals surface area contributed by atoms with E-state index in [2.05, 4.69) is 20.6 Å². The molecule has 2 heterocycles. The fourth-order valence-corrected chi connectivity index (χ4v) is 2.48. The smallest absolute Gasteiger partial charge is 0.219 e. The molecule has 2 aliphatic rings. The fourth-order valence-electron chi connectivity index (χ4n) is 2.48. The third-order valence-corrected chi connectivity index (χ3v) is 3.92. The Bertz CT molecular complexity index is 488. The molecule has 1 aliphatic carbocycles. The van der Waals surface area contributed by atoms with Crippen molar-refractivity contribution in [3.05, 3.63) is 12.4 Å². The maximum atomic E-state index is 11.3. The molecule has 108 valence electrons. The number of nitrogens with zero attached hydrogens (tertiary/aromatic N) is 3. The van der Waals surface area contributed by atoms with E-state index in [9.17, 15) is 4.79 Å². The van der Waals surface area contributed by atoms with Gasteiger partial charge in [-0.25, -0.2) is 9.97 Å². The lowest BCUT2D eigenvalue weighted by Crippen LogP contribution is -2.29. The molecular formula is C14H21N5O. The maximum Gasteiger partial charge on any atom is 0.219 e. The minimum absolute atomic E-state index is 0.142. The normalized spacial score (nSPS) is 21.9. The first-order valence-corrected chi connectivity index (χ1v) is 7.28. The van der Waals surface area contributed by atoms with Crippen LogP contribution in [-0.2, 0) is 4.79 Å². The largest absolute Gasteiger partial charge is 0.370 e. The molecule has 1 saturated carbocycles. The predicted octanol–water partition coefficient (Wildman–Crippen LogP) is 1.33. The highest BCUT2D eigenvalue weighted by Crippen LogP contribution is 2.28. The lowest BCUT2D eigenvalue weighted by atomic mass is 10.2. The number of carbonyl (C=O) groups excluding carboxylic acids is 1. The Morgan fingerprint density at radius 3 is 2.85 bits per heavy atom. The van der Waals surface area contributed by atoms with E-state index >= 15 is 0 Å². The SMILES string of the molecule is CC(=O)N1CC[C@@H](Nc2cc(NCC3CC3)ncn2)C1. The van der Waals surface area contributed by atoms with E-state index in [0.717, 1.165) is 43.6 Å². The minimum atomic E-state index is 0.142. The zero-order valence-corrected chi connectivity index (χ0v) is 11.8. The Labute approximate surface area is 119 Å². The number of anilines is 2. The van der Waals surface area contributed by atoms with Crippen LogP contribution in [0.5, 0.6) is 0 Å². The summed E-state index contributed by atoms with van der Waals surface area (Å²) in [6.07, 6.45) is 5.20. The zero-order valence-electron chi connectivity index (χ0n) is 11.8. The molecule has 0 unspecified atom stereocenters. The van der Waals surface area contributed by atoms with Crippen LogP contribution in [0.15, 0.2) is 12.4 Å². The first kappa shape index (κ1) is 13.1. The van der Waals surface area contributed by atoms with Crippen LogP contribution in [-0.4, -0.2) is 46.5 Å². The Kier molecular flexibility index (Phi) is 3.71. The number of rotatable bonds is 5. The summed E-state index contributed by atoms with van der Waals surface area (Å²) in [6.45, 7) is 4.19. The molecule has 6 nitrogen and oxygen atoms in total. The molecule has 1 atom stereocenters. The first-order chi connectivity index (χ1) is 9.70. The van der Waals surface area contributed by atoms with E-state index in [0.29, 0.717) is 0 Å². The average Bonchev–Trinajstić information content (AvgIpc) is 3.15. The fraction of sp³-hybridized carbons (Fsp3) is 0.643. The van der Waals surface area contributed by atoms with Crippen molar-refractivity contribution in [1.82, 2.24) is 14.9 Å². The van der Waals surface area contributed by atoms with Gasteiger partial charge in [-0.05, 0) is 25.2 Å². The molecule has 6 heteroatoms.